The van der Waals surface area contributed by atoms with Gasteiger partial charge in [-0.2, -0.15) is 0 Å². The Hall–Kier alpha value is -2.48. The number of carbonyl (C=O) groups excluding carboxylic acids is 1. The van der Waals surface area contributed by atoms with E-state index in [9.17, 15) is 4.79 Å². The van der Waals surface area contributed by atoms with Crippen LogP contribution in [0.3, 0.4) is 0 Å². The monoisotopic (exact) mass is 372 g/mol. The Kier molecular flexibility index (Phi) is 5.74. The zero-order chi connectivity index (χ0) is 19.6. The van der Waals surface area contributed by atoms with E-state index in [0.717, 1.165) is 54.2 Å². The highest BCUT2D eigenvalue weighted by molar-refractivity contribution is 5.74. The van der Waals surface area contributed by atoms with Gasteiger partial charge in [0.1, 0.15) is 5.76 Å². The molecule has 146 valence electrons. The van der Waals surface area contributed by atoms with Gasteiger partial charge in [0.15, 0.2) is 0 Å². The van der Waals surface area contributed by atoms with Gasteiger partial charge >= 0.3 is 0 Å². The smallest absolute Gasteiger partial charge is 0.225 e. The number of aryl methyl sites for hydroxylation is 2. The van der Waals surface area contributed by atoms with Gasteiger partial charge in [0.2, 0.25) is 11.9 Å². The minimum Gasteiger partial charge on any atom is -0.370 e. The van der Waals surface area contributed by atoms with E-state index in [1.807, 2.05) is 39.0 Å². The lowest BCUT2D eigenvalue weighted by atomic mass is 9.89. The molecule has 1 aliphatic heterocycles. The van der Waals surface area contributed by atoms with Crippen LogP contribution in [0, 0.1) is 13.8 Å². The molecule has 2 aromatic rings. The van der Waals surface area contributed by atoms with Gasteiger partial charge < -0.3 is 20.1 Å². The number of anilines is 1. The lowest BCUT2D eigenvalue weighted by molar-refractivity contribution is -0.118. The Morgan fingerprint density at radius 2 is 2.19 bits per heavy atom. The van der Waals surface area contributed by atoms with E-state index in [1.54, 1.807) is 0 Å². The largest absolute Gasteiger partial charge is 0.370 e. The summed E-state index contributed by atoms with van der Waals surface area (Å²) < 4.78 is 5.38. The van der Waals surface area contributed by atoms with Crippen LogP contribution in [0.25, 0.3) is 11.1 Å². The Labute approximate surface area is 159 Å². The SMILES string of the molecule is Cc1noc(C)c1-c1cnc(N(C)C)nc1[C@@H]1CCCN(CCC(N)=O)C1. The third-order valence-electron chi connectivity index (χ3n) is 5.07. The minimum absolute atomic E-state index is 0.259. The van der Waals surface area contributed by atoms with Crippen molar-refractivity contribution >= 4 is 11.9 Å². The van der Waals surface area contributed by atoms with Crippen molar-refractivity contribution in [1.29, 1.82) is 0 Å². The van der Waals surface area contributed by atoms with E-state index in [1.165, 1.54) is 0 Å². The molecule has 3 rings (SSSR count). The summed E-state index contributed by atoms with van der Waals surface area (Å²) in [6, 6.07) is 0. The molecule has 3 heterocycles. The van der Waals surface area contributed by atoms with Gasteiger partial charge in [0, 0.05) is 51.3 Å². The summed E-state index contributed by atoms with van der Waals surface area (Å²) in [6.07, 6.45) is 4.38. The number of rotatable bonds is 6. The van der Waals surface area contributed by atoms with Crippen molar-refractivity contribution in [1.82, 2.24) is 20.0 Å². The quantitative estimate of drug-likeness (QED) is 0.826. The molecule has 27 heavy (non-hydrogen) atoms. The van der Waals surface area contributed by atoms with Gasteiger partial charge in [-0.3, -0.25) is 4.79 Å². The van der Waals surface area contributed by atoms with Gasteiger partial charge in [0.05, 0.1) is 17.0 Å². The zero-order valence-electron chi connectivity index (χ0n) is 16.5. The molecule has 0 radical (unpaired) electrons. The molecule has 1 saturated heterocycles. The Morgan fingerprint density at radius 1 is 1.41 bits per heavy atom. The van der Waals surface area contributed by atoms with Crippen LogP contribution in [0.1, 0.15) is 42.3 Å². The highest BCUT2D eigenvalue weighted by atomic mass is 16.5. The number of amides is 1. The number of hydrogen-bond acceptors (Lipinski definition) is 7. The van der Waals surface area contributed by atoms with Crippen LogP contribution in [0.15, 0.2) is 10.7 Å². The number of primary amides is 1. The van der Waals surface area contributed by atoms with Crippen LogP contribution in [-0.2, 0) is 4.79 Å². The van der Waals surface area contributed by atoms with Crippen LogP contribution < -0.4 is 10.6 Å². The zero-order valence-corrected chi connectivity index (χ0v) is 16.5. The fourth-order valence-electron chi connectivity index (χ4n) is 3.72. The summed E-state index contributed by atoms with van der Waals surface area (Å²) in [5.41, 5.74) is 9.15. The van der Waals surface area contributed by atoms with Gasteiger partial charge in [-0.05, 0) is 33.2 Å². The van der Waals surface area contributed by atoms with Crippen LogP contribution >= 0.6 is 0 Å². The standard InChI is InChI=1S/C19H28N6O2/c1-12-17(13(2)27-23-12)15-10-21-19(24(3)4)22-18(15)14-6-5-8-25(11-14)9-7-16(20)26/h10,14H,5-9,11H2,1-4H3,(H2,20,26)/t14-/m1/s1. The van der Waals surface area contributed by atoms with E-state index in [4.69, 9.17) is 15.2 Å². The van der Waals surface area contributed by atoms with Crippen LogP contribution in [-0.4, -0.2) is 59.7 Å². The lowest BCUT2D eigenvalue weighted by Gasteiger charge is -2.33. The van der Waals surface area contributed by atoms with Gasteiger partial charge in [-0.25, -0.2) is 9.97 Å². The molecule has 1 amide bonds. The maximum atomic E-state index is 11.1. The van der Waals surface area contributed by atoms with E-state index in [-0.39, 0.29) is 11.8 Å². The Balaban J connectivity index is 1.97. The maximum absolute atomic E-state index is 11.1. The molecule has 1 fully saturated rings. The fourth-order valence-corrected chi connectivity index (χ4v) is 3.72. The summed E-state index contributed by atoms with van der Waals surface area (Å²) in [5.74, 6) is 1.47. The third kappa shape index (κ3) is 4.27. The van der Waals surface area contributed by atoms with Gasteiger partial charge in [0.25, 0.3) is 0 Å². The van der Waals surface area contributed by atoms with Crippen LogP contribution in [0.5, 0.6) is 0 Å². The predicted octanol–water partition coefficient (Wildman–Crippen LogP) is 1.87. The molecule has 0 aliphatic carbocycles. The van der Waals surface area contributed by atoms with Crippen molar-refractivity contribution in [2.24, 2.45) is 5.73 Å². The Bertz CT molecular complexity index is 797. The van der Waals surface area contributed by atoms with Gasteiger partial charge in [-0.15, -0.1) is 0 Å². The highest BCUT2D eigenvalue weighted by Gasteiger charge is 2.28. The first-order chi connectivity index (χ1) is 12.9. The number of hydrogen-bond donors (Lipinski definition) is 1. The first kappa shape index (κ1) is 19.3. The molecular weight excluding hydrogens is 344 g/mol. The first-order valence-electron chi connectivity index (χ1n) is 9.35. The maximum Gasteiger partial charge on any atom is 0.225 e. The summed E-state index contributed by atoms with van der Waals surface area (Å²) in [5, 5.41) is 4.10. The van der Waals surface area contributed by atoms with Crippen LogP contribution in [0.4, 0.5) is 5.95 Å². The molecule has 1 atom stereocenters. The van der Waals surface area contributed by atoms with Gasteiger partial charge in [-0.1, -0.05) is 5.16 Å². The molecule has 0 unspecified atom stereocenters. The number of nitrogens with two attached hydrogens (primary N) is 1. The van der Waals surface area contributed by atoms with Crippen molar-refractivity contribution in [3.63, 3.8) is 0 Å². The summed E-state index contributed by atoms with van der Waals surface area (Å²) in [4.78, 5) is 24.8. The average Bonchev–Trinajstić information content (AvgIpc) is 2.98. The Morgan fingerprint density at radius 3 is 2.81 bits per heavy atom. The summed E-state index contributed by atoms with van der Waals surface area (Å²) in [6.45, 7) is 6.39. The first-order valence-corrected chi connectivity index (χ1v) is 9.35. The molecule has 8 nitrogen and oxygen atoms in total. The minimum atomic E-state index is -0.259. The number of aromatic nitrogens is 3. The third-order valence-corrected chi connectivity index (χ3v) is 5.07. The molecule has 1 aliphatic rings. The van der Waals surface area contributed by atoms with Crippen molar-refractivity contribution in [2.75, 3.05) is 38.6 Å². The second-order valence-corrected chi connectivity index (χ2v) is 7.42. The lowest BCUT2D eigenvalue weighted by Crippen LogP contribution is -2.37. The summed E-state index contributed by atoms with van der Waals surface area (Å²) in [7, 11) is 3.88. The van der Waals surface area contributed by atoms with E-state index in [0.29, 0.717) is 18.9 Å². The van der Waals surface area contributed by atoms with Crippen molar-refractivity contribution in [2.45, 2.75) is 39.0 Å². The van der Waals surface area contributed by atoms with E-state index in [2.05, 4.69) is 15.0 Å². The molecular formula is C19H28N6O2. The number of nitrogens with zero attached hydrogens (tertiary/aromatic N) is 5. The molecule has 0 spiro atoms. The van der Waals surface area contributed by atoms with Crippen molar-refractivity contribution < 1.29 is 9.32 Å². The fraction of sp³-hybridized carbons (Fsp3) is 0.579. The van der Waals surface area contributed by atoms with Crippen LogP contribution in [0.2, 0.25) is 0 Å². The number of carbonyl (C=O) groups is 1. The summed E-state index contributed by atoms with van der Waals surface area (Å²) >= 11 is 0. The van der Waals surface area contributed by atoms with E-state index < -0.39 is 0 Å². The topological polar surface area (TPSA) is 101 Å². The normalized spacial score (nSPS) is 17.9. The second-order valence-electron chi connectivity index (χ2n) is 7.42. The number of likely N-dealkylation sites (tertiary alicyclic amines) is 1. The molecule has 0 saturated carbocycles. The average molecular weight is 372 g/mol. The molecule has 2 N–H and O–H groups in total. The molecule has 0 aromatic carbocycles. The highest BCUT2D eigenvalue weighted by Crippen LogP contribution is 2.36. The second kappa shape index (κ2) is 8.04. The molecule has 2 aromatic heterocycles. The number of piperidine rings is 1. The molecule has 8 heteroatoms. The van der Waals surface area contributed by atoms with E-state index >= 15 is 0 Å². The predicted molar refractivity (Wildman–Crippen MR) is 104 cm³/mol. The molecule has 0 bridgehead atoms. The van der Waals surface area contributed by atoms with Crippen molar-refractivity contribution in [3.05, 3.63) is 23.3 Å². The van der Waals surface area contributed by atoms with Crippen molar-refractivity contribution in [3.8, 4) is 11.1 Å².